The van der Waals surface area contributed by atoms with Gasteiger partial charge in [0.05, 0.1) is 12.8 Å². The van der Waals surface area contributed by atoms with Crippen molar-refractivity contribution in [1.82, 2.24) is 9.97 Å². The molecule has 3 aromatic rings. The summed E-state index contributed by atoms with van der Waals surface area (Å²) in [7, 11) is 1.57. The second kappa shape index (κ2) is 5.53. The first-order valence-corrected chi connectivity index (χ1v) is 6.40. The normalized spacial score (nSPS) is 10.2. The Morgan fingerprint density at radius 2 is 1.40 bits per heavy atom. The van der Waals surface area contributed by atoms with Crippen LogP contribution < -0.4 is 4.74 Å². The van der Waals surface area contributed by atoms with E-state index in [4.69, 9.17) is 4.74 Å². The van der Waals surface area contributed by atoms with Crippen LogP contribution in [-0.4, -0.2) is 17.1 Å². The van der Waals surface area contributed by atoms with Gasteiger partial charge in [0.2, 0.25) is 0 Å². The molecule has 3 nitrogen and oxygen atoms in total. The number of rotatable bonds is 3. The first-order chi connectivity index (χ1) is 9.86. The summed E-state index contributed by atoms with van der Waals surface area (Å²) in [5.41, 5.74) is 4.30. The zero-order valence-electron chi connectivity index (χ0n) is 11.2. The molecule has 0 fully saturated rings. The van der Waals surface area contributed by atoms with Crippen LogP contribution in [0.2, 0.25) is 0 Å². The fourth-order valence-electron chi connectivity index (χ4n) is 2.06. The highest BCUT2D eigenvalue weighted by Crippen LogP contribution is 2.24. The highest BCUT2D eigenvalue weighted by molar-refractivity contribution is 5.68. The average Bonchev–Trinajstić information content (AvgIpc) is 2.56. The summed E-state index contributed by atoms with van der Waals surface area (Å²) in [6.45, 7) is 0. The Bertz CT molecular complexity index is 694. The van der Waals surface area contributed by atoms with Crippen molar-refractivity contribution in [1.29, 1.82) is 0 Å². The molecule has 3 rings (SSSR count). The fraction of sp³-hybridized carbons (Fsp3) is 0.0588. The first kappa shape index (κ1) is 12.4. The summed E-state index contributed by atoms with van der Waals surface area (Å²) in [6.07, 6.45) is 1.70. The van der Waals surface area contributed by atoms with Crippen LogP contribution in [0.15, 0.2) is 66.9 Å². The van der Waals surface area contributed by atoms with Crippen LogP contribution in [-0.2, 0) is 0 Å². The molecule has 20 heavy (non-hydrogen) atoms. The highest BCUT2D eigenvalue weighted by Gasteiger charge is 2.03. The molecule has 0 bridgehead atoms. The van der Waals surface area contributed by atoms with Crippen LogP contribution in [0.1, 0.15) is 0 Å². The lowest BCUT2D eigenvalue weighted by molar-refractivity contribution is 0.380. The molecule has 0 aliphatic heterocycles. The van der Waals surface area contributed by atoms with Crippen LogP contribution in [0.4, 0.5) is 0 Å². The van der Waals surface area contributed by atoms with Gasteiger partial charge >= 0.3 is 6.01 Å². The second-order valence-corrected chi connectivity index (χ2v) is 4.37. The number of hydrogen-bond acceptors (Lipinski definition) is 3. The molecule has 0 atom stereocenters. The van der Waals surface area contributed by atoms with Gasteiger partial charge in [-0.1, -0.05) is 54.6 Å². The van der Waals surface area contributed by atoms with E-state index in [1.165, 1.54) is 11.1 Å². The zero-order chi connectivity index (χ0) is 13.8. The van der Waals surface area contributed by atoms with E-state index in [1.54, 1.807) is 13.3 Å². The number of methoxy groups -OCH3 is 1. The molecule has 0 unspecified atom stereocenters. The number of nitrogens with zero attached hydrogens (tertiary/aromatic N) is 2. The van der Waals surface area contributed by atoms with Crippen LogP contribution >= 0.6 is 0 Å². The molecule has 0 N–H and O–H groups in total. The van der Waals surface area contributed by atoms with E-state index in [0.717, 1.165) is 11.3 Å². The van der Waals surface area contributed by atoms with E-state index in [0.29, 0.717) is 6.01 Å². The van der Waals surface area contributed by atoms with Gasteiger partial charge in [0.15, 0.2) is 0 Å². The van der Waals surface area contributed by atoms with Crippen LogP contribution in [0.3, 0.4) is 0 Å². The number of ether oxygens (including phenoxy) is 1. The van der Waals surface area contributed by atoms with Crippen molar-refractivity contribution in [2.24, 2.45) is 0 Å². The fourth-order valence-corrected chi connectivity index (χ4v) is 2.06. The van der Waals surface area contributed by atoms with E-state index in [-0.39, 0.29) is 0 Å². The summed E-state index contributed by atoms with van der Waals surface area (Å²) in [5.74, 6) is 0. The minimum absolute atomic E-state index is 0.384. The molecule has 0 saturated carbocycles. The van der Waals surface area contributed by atoms with Gasteiger partial charge in [0.1, 0.15) is 0 Å². The van der Waals surface area contributed by atoms with Gasteiger partial charge in [0, 0.05) is 11.8 Å². The lowest BCUT2D eigenvalue weighted by Crippen LogP contribution is -1.92. The third kappa shape index (κ3) is 2.52. The topological polar surface area (TPSA) is 35.0 Å². The zero-order valence-corrected chi connectivity index (χ0v) is 11.2. The smallest absolute Gasteiger partial charge is 0.316 e. The molecule has 0 saturated heterocycles. The largest absolute Gasteiger partial charge is 0.467 e. The summed E-state index contributed by atoms with van der Waals surface area (Å²) < 4.78 is 5.05. The van der Waals surface area contributed by atoms with Gasteiger partial charge in [-0.3, -0.25) is 0 Å². The third-order valence-electron chi connectivity index (χ3n) is 3.10. The van der Waals surface area contributed by atoms with E-state index in [2.05, 4.69) is 46.4 Å². The molecule has 1 aromatic heterocycles. The minimum atomic E-state index is 0.384. The van der Waals surface area contributed by atoms with E-state index < -0.39 is 0 Å². The van der Waals surface area contributed by atoms with Crippen LogP contribution in [0.5, 0.6) is 6.01 Å². The van der Waals surface area contributed by atoms with Crippen LogP contribution in [0.25, 0.3) is 22.4 Å². The van der Waals surface area contributed by atoms with Crippen molar-refractivity contribution in [3.63, 3.8) is 0 Å². The Morgan fingerprint density at radius 3 is 2.10 bits per heavy atom. The van der Waals surface area contributed by atoms with E-state index >= 15 is 0 Å². The lowest BCUT2D eigenvalue weighted by atomic mass is 10.0. The number of hydrogen-bond donors (Lipinski definition) is 0. The molecular weight excluding hydrogens is 248 g/mol. The molecule has 0 aliphatic carbocycles. The monoisotopic (exact) mass is 262 g/mol. The SMILES string of the molecule is COc1nccc(-c2ccc(-c3ccccc3)cc2)n1. The van der Waals surface area contributed by atoms with Gasteiger partial charge in [-0.15, -0.1) is 0 Å². The van der Waals surface area contributed by atoms with Crippen molar-refractivity contribution in [3.8, 4) is 28.4 Å². The van der Waals surface area contributed by atoms with Gasteiger partial charge in [-0.2, -0.15) is 4.98 Å². The molecule has 0 spiro atoms. The average molecular weight is 262 g/mol. The Hall–Kier alpha value is -2.68. The van der Waals surface area contributed by atoms with Crippen molar-refractivity contribution >= 4 is 0 Å². The van der Waals surface area contributed by atoms with Crippen LogP contribution in [0, 0.1) is 0 Å². The second-order valence-electron chi connectivity index (χ2n) is 4.37. The maximum absolute atomic E-state index is 5.05. The van der Waals surface area contributed by atoms with Crippen molar-refractivity contribution in [3.05, 3.63) is 66.9 Å². The summed E-state index contributed by atoms with van der Waals surface area (Å²) in [5, 5.41) is 0. The maximum atomic E-state index is 5.05. The summed E-state index contributed by atoms with van der Waals surface area (Å²) >= 11 is 0. The number of benzene rings is 2. The quantitative estimate of drug-likeness (QED) is 0.719. The molecule has 98 valence electrons. The lowest BCUT2D eigenvalue weighted by Gasteiger charge is -2.05. The summed E-state index contributed by atoms with van der Waals surface area (Å²) in [6, 6.07) is 20.9. The molecule has 3 heteroatoms. The van der Waals surface area contributed by atoms with Crippen molar-refractivity contribution in [2.45, 2.75) is 0 Å². The van der Waals surface area contributed by atoms with Gasteiger partial charge in [-0.05, 0) is 17.2 Å². The minimum Gasteiger partial charge on any atom is -0.467 e. The number of aromatic nitrogens is 2. The predicted octanol–water partition coefficient (Wildman–Crippen LogP) is 3.82. The van der Waals surface area contributed by atoms with E-state index in [9.17, 15) is 0 Å². The maximum Gasteiger partial charge on any atom is 0.316 e. The van der Waals surface area contributed by atoms with Gasteiger partial charge < -0.3 is 4.74 Å². The molecule has 2 aromatic carbocycles. The molecule has 1 heterocycles. The molecular formula is C17H14N2O. The van der Waals surface area contributed by atoms with Crippen molar-refractivity contribution in [2.75, 3.05) is 7.11 Å². The van der Waals surface area contributed by atoms with E-state index in [1.807, 2.05) is 24.3 Å². The third-order valence-corrected chi connectivity index (χ3v) is 3.10. The Balaban J connectivity index is 1.93. The molecule has 0 amide bonds. The highest BCUT2D eigenvalue weighted by atomic mass is 16.5. The Labute approximate surface area is 117 Å². The van der Waals surface area contributed by atoms with Gasteiger partial charge in [0.25, 0.3) is 0 Å². The first-order valence-electron chi connectivity index (χ1n) is 6.40. The summed E-state index contributed by atoms with van der Waals surface area (Å²) in [4.78, 5) is 8.35. The van der Waals surface area contributed by atoms with Crippen molar-refractivity contribution < 1.29 is 4.74 Å². The Kier molecular flexibility index (Phi) is 3.42. The Morgan fingerprint density at radius 1 is 0.750 bits per heavy atom. The van der Waals surface area contributed by atoms with Gasteiger partial charge in [-0.25, -0.2) is 4.98 Å². The standard InChI is InChI=1S/C17H14N2O/c1-20-17-18-12-11-16(19-17)15-9-7-14(8-10-15)13-5-3-2-4-6-13/h2-12H,1H3. The molecule has 0 aliphatic rings. The predicted molar refractivity (Wildman–Crippen MR) is 79.5 cm³/mol. The molecule has 0 radical (unpaired) electrons.